The summed E-state index contributed by atoms with van der Waals surface area (Å²) in [6.45, 7) is 1.75. The van der Waals surface area contributed by atoms with Crippen LogP contribution in [-0.4, -0.2) is 25.8 Å². The Bertz CT molecular complexity index is 650. The maximum Gasteiger partial charge on any atom is 0.277 e. The van der Waals surface area contributed by atoms with Gasteiger partial charge in [-0.25, -0.2) is 0 Å². The lowest BCUT2D eigenvalue weighted by atomic mass is 10.2. The first-order valence-electron chi connectivity index (χ1n) is 5.40. The predicted octanol–water partition coefficient (Wildman–Crippen LogP) is 1.28. The Morgan fingerprint density at radius 1 is 1.47 bits per heavy atom. The number of carbonyl (C=O) groups is 1. The molecule has 1 amide bonds. The molecule has 0 fully saturated rings. The third-order valence-corrected chi connectivity index (χ3v) is 2.52. The van der Waals surface area contributed by atoms with Gasteiger partial charge < -0.3 is 5.32 Å². The number of benzene rings is 1. The number of non-ortho nitro benzene ring substituents is 1. The van der Waals surface area contributed by atoms with Crippen LogP contribution in [0.1, 0.15) is 16.1 Å². The van der Waals surface area contributed by atoms with E-state index in [2.05, 4.69) is 15.6 Å². The van der Waals surface area contributed by atoms with Crippen molar-refractivity contribution in [3.8, 4) is 0 Å². The van der Waals surface area contributed by atoms with E-state index in [0.717, 1.165) is 5.56 Å². The number of hydrogen-bond donors (Lipinski definition) is 1. The number of amides is 1. The number of aryl methyl sites for hydroxylation is 2. The van der Waals surface area contributed by atoms with Crippen molar-refractivity contribution >= 4 is 17.3 Å². The predicted molar refractivity (Wildman–Crippen MR) is 66.8 cm³/mol. The van der Waals surface area contributed by atoms with Gasteiger partial charge in [-0.1, -0.05) is 11.3 Å². The van der Waals surface area contributed by atoms with Gasteiger partial charge >= 0.3 is 0 Å². The molecule has 0 aliphatic rings. The van der Waals surface area contributed by atoms with Crippen molar-refractivity contribution in [2.45, 2.75) is 6.92 Å². The fourth-order valence-corrected chi connectivity index (χ4v) is 1.50. The Morgan fingerprint density at radius 2 is 2.21 bits per heavy atom. The third-order valence-electron chi connectivity index (χ3n) is 2.52. The second-order valence-corrected chi connectivity index (χ2v) is 3.99. The van der Waals surface area contributed by atoms with E-state index in [1.807, 2.05) is 0 Å². The van der Waals surface area contributed by atoms with Crippen LogP contribution in [0.2, 0.25) is 0 Å². The minimum absolute atomic E-state index is 0.0833. The average Bonchev–Trinajstić information content (AvgIpc) is 2.78. The van der Waals surface area contributed by atoms with Crippen molar-refractivity contribution < 1.29 is 9.72 Å². The number of rotatable bonds is 3. The maximum absolute atomic E-state index is 11.9. The van der Waals surface area contributed by atoms with Gasteiger partial charge in [-0.3, -0.25) is 19.6 Å². The second-order valence-electron chi connectivity index (χ2n) is 3.99. The summed E-state index contributed by atoms with van der Waals surface area (Å²) in [6, 6.07) is 4.27. The zero-order valence-corrected chi connectivity index (χ0v) is 10.3. The van der Waals surface area contributed by atoms with Crippen LogP contribution in [0.25, 0.3) is 0 Å². The summed E-state index contributed by atoms with van der Waals surface area (Å²) < 4.78 is 1.40. The fraction of sp³-hybridized carbons (Fsp3) is 0.182. The lowest BCUT2D eigenvalue weighted by Gasteiger charge is -2.06. The van der Waals surface area contributed by atoms with Gasteiger partial charge in [0.1, 0.15) is 0 Å². The second kappa shape index (κ2) is 4.84. The molecule has 0 aliphatic carbocycles. The molecule has 2 rings (SSSR count). The third kappa shape index (κ3) is 2.73. The lowest BCUT2D eigenvalue weighted by molar-refractivity contribution is -0.384. The molecule has 8 heteroatoms. The van der Waals surface area contributed by atoms with Gasteiger partial charge in [-0.05, 0) is 12.5 Å². The molecule has 1 aromatic carbocycles. The Balaban J connectivity index is 2.25. The van der Waals surface area contributed by atoms with E-state index in [4.69, 9.17) is 0 Å². The SMILES string of the molecule is Cc1ccc([N+](=O)[O-])cc1NC(=O)c1cn(C)nn1. The van der Waals surface area contributed by atoms with Crippen LogP contribution < -0.4 is 5.32 Å². The van der Waals surface area contributed by atoms with E-state index < -0.39 is 10.8 Å². The zero-order chi connectivity index (χ0) is 14.0. The number of nitro benzene ring substituents is 1. The van der Waals surface area contributed by atoms with Gasteiger partial charge in [0.2, 0.25) is 0 Å². The monoisotopic (exact) mass is 261 g/mol. The van der Waals surface area contributed by atoms with E-state index in [9.17, 15) is 14.9 Å². The maximum atomic E-state index is 11.9. The zero-order valence-electron chi connectivity index (χ0n) is 10.3. The van der Waals surface area contributed by atoms with Crippen molar-refractivity contribution in [3.05, 3.63) is 45.8 Å². The van der Waals surface area contributed by atoms with Crippen molar-refractivity contribution in [2.75, 3.05) is 5.32 Å². The highest BCUT2D eigenvalue weighted by atomic mass is 16.6. The molecule has 0 saturated heterocycles. The van der Waals surface area contributed by atoms with Crippen LogP contribution in [0.15, 0.2) is 24.4 Å². The first-order chi connectivity index (χ1) is 8.97. The smallest absolute Gasteiger partial charge is 0.277 e. The number of hydrogen-bond acceptors (Lipinski definition) is 5. The van der Waals surface area contributed by atoms with Crippen molar-refractivity contribution in [1.29, 1.82) is 0 Å². The quantitative estimate of drug-likeness (QED) is 0.662. The number of nitro groups is 1. The first-order valence-corrected chi connectivity index (χ1v) is 5.40. The summed E-state index contributed by atoms with van der Waals surface area (Å²) in [6.07, 6.45) is 1.46. The van der Waals surface area contributed by atoms with E-state index in [-0.39, 0.29) is 11.4 Å². The van der Waals surface area contributed by atoms with Crippen LogP contribution >= 0.6 is 0 Å². The molecule has 1 N–H and O–H groups in total. The number of anilines is 1. The molecule has 1 aromatic heterocycles. The van der Waals surface area contributed by atoms with Crippen LogP contribution in [0.3, 0.4) is 0 Å². The van der Waals surface area contributed by atoms with Crippen LogP contribution in [-0.2, 0) is 7.05 Å². The minimum Gasteiger partial charge on any atom is -0.320 e. The van der Waals surface area contributed by atoms with Gasteiger partial charge in [-0.2, -0.15) is 0 Å². The van der Waals surface area contributed by atoms with Crippen LogP contribution in [0, 0.1) is 17.0 Å². The molecule has 98 valence electrons. The molecule has 19 heavy (non-hydrogen) atoms. The highest BCUT2D eigenvalue weighted by Crippen LogP contribution is 2.22. The molecule has 1 heterocycles. The van der Waals surface area contributed by atoms with E-state index >= 15 is 0 Å². The standard InChI is InChI=1S/C11H11N5O3/c1-7-3-4-8(16(18)19)5-9(7)12-11(17)10-6-15(2)14-13-10/h3-6H,1-2H3,(H,12,17). The summed E-state index contributed by atoms with van der Waals surface area (Å²) in [5.74, 6) is -0.461. The molecule has 0 spiro atoms. The van der Waals surface area contributed by atoms with Gasteiger partial charge in [0.25, 0.3) is 11.6 Å². The average molecular weight is 261 g/mol. The van der Waals surface area contributed by atoms with E-state index in [0.29, 0.717) is 5.69 Å². The molecule has 2 aromatic rings. The van der Waals surface area contributed by atoms with Gasteiger partial charge in [0.15, 0.2) is 5.69 Å². The largest absolute Gasteiger partial charge is 0.320 e. The van der Waals surface area contributed by atoms with E-state index in [1.165, 1.54) is 23.0 Å². The number of carbonyl (C=O) groups excluding carboxylic acids is 1. The lowest BCUT2D eigenvalue weighted by Crippen LogP contribution is -2.13. The minimum atomic E-state index is -0.516. The molecule has 0 unspecified atom stereocenters. The molecule has 0 saturated carbocycles. The fourth-order valence-electron chi connectivity index (χ4n) is 1.50. The molecular weight excluding hydrogens is 250 g/mol. The summed E-state index contributed by atoms with van der Waals surface area (Å²) in [4.78, 5) is 22.0. The van der Waals surface area contributed by atoms with Crippen molar-refractivity contribution in [1.82, 2.24) is 15.0 Å². The summed E-state index contributed by atoms with van der Waals surface area (Å²) >= 11 is 0. The molecule has 0 radical (unpaired) electrons. The van der Waals surface area contributed by atoms with Crippen LogP contribution in [0.4, 0.5) is 11.4 Å². The number of aromatic nitrogens is 3. The number of nitrogens with one attached hydrogen (secondary N) is 1. The summed E-state index contributed by atoms with van der Waals surface area (Å²) in [5, 5.41) is 20.6. The van der Waals surface area contributed by atoms with Crippen molar-refractivity contribution in [3.63, 3.8) is 0 Å². The topological polar surface area (TPSA) is 103 Å². The Hall–Kier alpha value is -2.77. The Kier molecular flexibility index (Phi) is 3.23. The molecule has 0 bridgehead atoms. The summed E-state index contributed by atoms with van der Waals surface area (Å²) in [7, 11) is 1.64. The van der Waals surface area contributed by atoms with Crippen LogP contribution in [0.5, 0.6) is 0 Å². The first kappa shape index (κ1) is 12.7. The highest BCUT2D eigenvalue weighted by molar-refractivity contribution is 6.03. The van der Waals surface area contributed by atoms with Gasteiger partial charge in [-0.15, -0.1) is 5.10 Å². The highest BCUT2D eigenvalue weighted by Gasteiger charge is 2.14. The molecule has 0 atom stereocenters. The molecule has 8 nitrogen and oxygen atoms in total. The Morgan fingerprint density at radius 3 is 2.79 bits per heavy atom. The summed E-state index contributed by atoms with van der Waals surface area (Å²) in [5.41, 5.74) is 1.17. The Labute approximate surface area is 108 Å². The molecular formula is C11H11N5O3. The molecule has 0 aliphatic heterocycles. The number of nitrogens with zero attached hydrogens (tertiary/aromatic N) is 4. The normalized spacial score (nSPS) is 10.2. The van der Waals surface area contributed by atoms with Gasteiger partial charge in [0, 0.05) is 19.2 Å². The van der Waals surface area contributed by atoms with Gasteiger partial charge in [0.05, 0.1) is 16.8 Å². The van der Waals surface area contributed by atoms with Crippen molar-refractivity contribution in [2.24, 2.45) is 7.05 Å². The van der Waals surface area contributed by atoms with E-state index in [1.54, 1.807) is 20.0 Å².